The van der Waals surface area contributed by atoms with Crippen LogP contribution >= 0.6 is 23.2 Å². The average molecular weight is 451 g/mol. The first-order valence-corrected chi connectivity index (χ1v) is 10.7. The van der Waals surface area contributed by atoms with Crippen LogP contribution in [0.3, 0.4) is 0 Å². The van der Waals surface area contributed by atoms with Crippen molar-refractivity contribution in [2.24, 2.45) is 0 Å². The summed E-state index contributed by atoms with van der Waals surface area (Å²) in [7, 11) is 0. The van der Waals surface area contributed by atoms with E-state index in [4.69, 9.17) is 27.9 Å². The number of carbonyl (C=O) groups is 2. The summed E-state index contributed by atoms with van der Waals surface area (Å²) in [5, 5.41) is 3.84. The molecule has 1 N–H and O–H groups in total. The molecular formula is C23H28Cl2N2O3. The van der Waals surface area contributed by atoms with E-state index in [0.29, 0.717) is 27.8 Å². The van der Waals surface area contributed by atoms with Crippen LogP contribution in [-0.4, -0.2) is 35.4 Å². The number of rotatable bonds is 9. The standard InChI is InChI=1S/C23H28Cl2N2O3/c1-5-21(23(29)26-15(2)3)27(13-17-8-9-18(24)12-20(17)25)22(28)14-30-19-10-6-16(4)7-11-19/h6-12,15,21H,5,13-14H2,1-4H3,(H,26,29)/t21-/m1/s1. The highest BCUT2D eigenvalue weighted by Crippen LogP contribution is 2.24. The van der Waals surface area contributed by atoms with Crippen LogP contribution < -0.4 is 10.1 Å². The molecule has 0 saturated carbocycles. The summed E-state index contributed by atoms with van der Waals surface area (Å²) in [5.41, 5.74) is 1.81. The molecule has 2 aromatic rings. The molecule has 0 aliphatic rings. The maximum atomic E-state index is 13.1. The Morgan fingerprint density at radius 3 is 2.33 bits per heavy atom. The molecule has 1 atom stereocenters. The lowest BCUT2D eigenvalue weighted by Crippen LogP contribution is -2.51. The van der Waals surface area contributed by atoms with Gasteiger partial charge in [-0.25, -0.2) is 0 Å². The summed E-state index contributed by atoms with van der Waals surface area (Å²) < 4.78 is 5.67. The third kappa shape index (κ3) is 6.92. The number of hydrogen-bond donors (Lipinski definition) is 1. The van der Waals surface area contributed by atoms with E-state index in [1.165, 1.54) is 4.90 Å². The predicted molar refractivity (Wildman–Crippen MR) is 121 cm³/mol. The Hall–Kier alpha value is -2.24. The van der Waals surface area contributed by atoms with Gasteiger partial charge < -0.3 is 15.0 Å². The van der Waals surface area contributed by atoms with E-state index in [9.17, 15) is 9.59 Å². The van der Waals surface area contributed by atoms with Crippen molar-refractivity contribution in [1.82, 2.24) is 10.2 Å². The van der Waals surface area contributed by atoms with Crippen LogP contribution in [0.1, 0.15) is 38.3 Å². The zero-order valence-corrected chi connectivity index (χ0v) is 19.3. The van der Waals surface area contributed by atoms with Gasteiger partial charge in [0.05, 0.1) is 0 Å². The van der Waals surface area contributed by atoms with Crippen LogP contribution in [0.25, 0.3) is 0 Å². The first kappa shape index (κ1) is 24.0. The van der Waals surface area contributed by atoms with Gasteiger partial charge in [-0.2, -0.15) is 0 Å². The van der Waals surface area contributed by atoms with Crippen LogP contribution in [0.2, 0.25) is 10.0 Å². The third-order valence-electron chi connectivity index (χ3n) is 4.56. The molecule has 0 bridgehead atoms. The van der Waals surface area contributed by atoms with Crippen molar-refractivity contribution < 1.29 is 14.3 Å². The zero-order chi connectivity index (χ0) is 22.3. The zero-order valence-electron chi connectivity index (χ0n) is 17.7. The van der Waals surface area contributed by atoms with Gasteiger partial charge in [-0.3, -0.25) is 9.59 Å². The summed E-state index contributed by atoms with van der Waals surface area (Å²) in [6.45, 7) is 7.61. The SMILES string of the molecule is CC[C@H](C(=O)NC(C)C)N(Cc1ccc(Cl)cc1Cl)C(=O)COc1ccc(C)cc1. The maximum absolute atomic E-state index is 13.1. The van der Waals surface area contributed by atoms with Crippen molar-refractivity contribution in [3.8, 4) is 5.75 Å². The third-order valence-corrected chi connectivity index (χ3v) is 5.14. The number of carbonyl (C=O) groups excluding carboxylic acids is 2. The van der Waals surface area contributed by atoms with E-state index in [-0.39, 0.29) is 31.0 Å². The first-order chi connectivity index (χ1) is 14.2. The molecule has 0 spiro atoms. The normalized spacial score (nSPS) is 11.8. The lowest BCUT2D eigenvalue weighted by atomic mass is 10.1. The van der Waals surface area contributed by atoms with Crippen molar-refractivity contribution in [2.45, 2.75) is 52.7 Å². The molecule has 0 aromatic heterocycles. The maximum Gasteiger partial charge on any atom is 0.261 e. The minimum absolute atomic E-state index is 0.0357. The van der Waals surface area contributed by atoms with E-state index >= 15 is 0 Å². The molecule has 0 saturated heterocycles. The molecule has 30 heavy (non-hydrogen) atoms. The average Bonchev–Trinajstić information content (AvgIpc) is 2.68. The van der Waals surface area contributed by atoms with Gasteiger partial charge in [-0.05, 0) is 57.0 Å². The van der Waals surface area contributed by atoms with Crippen molar-refractivity contribution >= 4 is 35.0 Å². The molecule has 0 heterocycles. The summed E-state index contributed by atoms with van der Waals surface area (Å²) in [6, 6.07) is 11.9. The van der Waals surface area contributed by atoms with Gasteiger partial charge in [0, 0.05) is 22.6 Å². The smallest absolute Gasteiger partial charge is 0.261 e. The summed E-state index contributed by atoms with van der Waals surface area (Å²) >= 11 is 12.3. The van der Waals surface area contributed by atoms with E-state index in [2.05, 4.69) is 5.32 Å². The fourth-order valence-electron chi connectivity index (χ4n) is 3.00. The highest BCUT2D eigenvalue weighted by molar-refractivity contribution is 6.35. The first-order valence-electron chi connectivity index (χ1n) is 9.94. The van der Waals surface area contributed by atoms with Gasteiger partial charge in [0.2, 0.25) is 5.91 Å². The molecule has 2 amide bonds. The van der Waals surface area contributed by atoms with Gasteiger partial charge in [0.1, 0.15) is 11.8 Å². The van der Waals surface area contributed by atoms with Crippen LogP contribution in [0.4, 0.5) is 0 Å². The number of benzene rings is 2. The monoisotopic (exact) mass is 450 g/mol. The Balaban J connectivity index is 2.24. The molecule has 7 heteroatoms. The molecule has 5 nitrogen and oxygen atoms in total. The number of aryl methyl sites for hydroxylation is 1. The minimum Gasteiger partial charge on any atom is -0.484 e. The number of nitrogens with zero attached hydrogens (tertiary/aromatic N) is 1. The Morgan fingerprint density at radius 2 is 1.77 bits per heavy atom. The fraction of sp³-hybridized carbons (Fsp3) is 0.391. The number of amides is 2. The Bertz CT molecular complexity index is 869. The number of halogens is 2. The highest BCUT2D eigenvalue weighted by Gasteiger charge is 2.29. The van der Waals surface area contributed by atoms with Crippen LogP contribution in [0.15, 0.2) is 42.5 Å². The Morgan fingerprint density at radius 1 is 1.10 bits per heavy atom. The summed E-state index contributed by atoms with van der Waals surface area (Å²) in [6.07, 6.45) is 0.458. The molecule has 2 aromatic carbocycles. The van der Waals surface area contributed by atoms with Crippen LogP contribution in [0, 0.1) is 6.92 Å². The lowest BCUT2D eigenvalue weighted by molar-refractivity contribution is -0.143. The Kier molecular flexibility index (Phi) is 9.00. The molecule has 0 aliphatic carbocycles. The minimum atomic E-state index is -0.645. The van der Waals surface area contributed by atoms with Gasteiger partial charge in [0.15, 0.2) is 6.61 Å². The molecule has 0 unspecified atom stereocenters. The molecule has 162 valence electrons. The number of nitrogens with one attached hydrogen (secondary N) is 1. The van der Waals surface area contributed by atoms with Crippen molar-refractivity contribution in [3.63, 3.8) is 0 Å². The van der Waals surface area contributed by atoms with E-state index in [1.54, 1.807) is 18.2 Å². The van der Waals surface area contributed by atoms with Gasteiger partial charge in [0.25, 0.3) is 5.91 Å². The molecule has 0 aliphatic heterocycles. The van der Waals surface area contributed by atoms with E-state index in [0.717, 1.165) is 5.56 Å². The van der Waals surface area contributed by atoms with E-state index in [1.807, 2.05) is 52.0 Å². The second-order valence-corrected chi connectivity index (χ2v) is 8.29. The van der Waals surface area contributed by atoms with Crippen LogP contribution in [0.5, 0.6) is 5.75 Å². The number of ether oxygens (including phenoxy) is 1. The Labute approximate surface area is 188 Å². The van der Waals surface area contributed by atoms with E-state index < -0.39 is 6.04 Å². The van der Waals surface area contributed by atoms with Crippen molar-refractivity contribution in [1.29, 1.82) is 0 Å². The quantitative estimate of drug-likeness (QED) is 0.583. The van der Waals surface area contributed by atoms with Gasteiger partial charge in [-0.1, -0.05) is 53.9 Å². The van der Waals surface area contributed by atoms with Gasteiger partial charge in [-0.15, -0.1) is 0 Å². The highest BCUT2D eigenvalue weighted by atomic mass is 35.5. The molecule has 0 fully saturated rings. The molecular weight excluding hydrogens is 423 g/mol. The second-order valence-electron chi connectivity index (χ2n) is 7.45. The number of hydrogen-bond acceptors (Lipinski definition) is 3. The van der Waals surface area contributed by atoms with Gasteiger partial charge >= 0.3 is 0 Å². The van der Waals surface area contributed by atoms with Crippen LogP contribution in [-0.2, 0) is 16.1 Å². The predicted octanol–water partition coefficient (Wildman–Crippen LogP) is 5.01. The fourth-order valence-corrected chi connectivity index (χ4v) is 3.46. The molecule has 0 radical (unpaired) electrons. The topological polar surface area (TPSA) is 58.6 Å². The van der Waals surface area contributed by atoms with Crippen molar-refractivity contribution in [3.05, 3.63) is 63.6 Å². The van der Waals surface area contributed by atoms with Crippen molar-refractivity contribution in [2.75, 3.05) is 6.61 Å². The molecule has 2 rings (SSSR count). The second kappa shape index (κ2) is 11.2. The largest absolute Gasteiger partial charge is 0.484 e. The summed E-state index contributed by atoms with van der Waals surface area (Å²) in [5.74, 6) is 0.0896. The summed E-state index contributed by atoms with van der Waals surface area (Å²) in [4.78, 5) is 27.4. The lowest BCUT2D eigenvalue weighted by Gasteiger charge is -2.31.